The van der Waals surface area contributed by atoms with Crippen molar-refractivity contribution < 1.29 is 5.11 Å². The molecule has 1 saturated carbocycles. The minimum atomic E-state index is -0.0301. The minimum absolute atomic E-state index is 0.0301. The van der Waals surface area contributed by atoms with Crippen molar-refractivity contribution in [3.63, 3.8) is 0 Å². The molecule has 2 N–H and O–H groups in total. The van der Waals surface area contributed by atoms with Crippen LogP contribution in [0, 0.1) is 11.8 Å². The molecule has 2 fully saturated rings. The van der Waals surface area contributed by atoms with Gasteiger partial charge in [0.2, 0.25) is 0 Å². The van der Waals surface area contributed by atoms with Crippen molar-refractivity contribution in [1.82, 2.24) is 5.32 Å². The van der Waals surface area contributed by atoms with Crippen LogP contribution in [0.2, 0.25) is 0 Å². The maximum Gasteiger partial charge on any atom is 0.0571 e. The third-order valence-corrected chi connectivity index (χ3v) is 4.44. The lowest BCUT2D eigenvalue weighted by Gasteiger charge is -2.38. The summed E-state index contributed by atoms with van der Waals surface area (Å²) in [5.41, 5.74) is 0. The van der Waals surface area contributed by atoms with E-state index in [-0.39, 0.29) is 6.10 Å². The number of piperidine rings is 1. The first-order valence-electron chi connectivity index (χ1n) is 6.70. The van der Waals surface area contributed by atoms with Crippen LogP contribution in [0.1, 0.15) is 51.9 Å². The second-order valence-electron chi connectivity index (χ2n) is 5.43. The summed E-state index contributed by atoms with van der Waals surface area (Å²) in [5.74, 6) is 1.20. The zero-order valence-electron chi connectivity index (χ0n) is 9.91. The predicted octanol–water partition coefficient (Wildman–Crippen LogP) is 2.32. The van der Waals surface area contributed by atoms with Crippen LogP contribution in [0.15, 0.2) is 0 Å². The van der Waals surface area contributed by atoms with Crippen LogP contribution < -0.4 is 5.32 Å². The maximum atomic E-state index is 10.0. The lowest BCUT2D eigenvalue weighted by molar-refractivity contribution is 0.0274. The van der Waals surface area contributed by atoms with Crippen molar-refractivity contribution in [3.8, 4) is 0 Å². The van der Waals surface area contributed by atoms with E-state index >= 15 is 0 Å². The van der Waals surface area contributed by atoms with Gasteiger partial charge in [0.05, 0.1) is 6.10 Å². The second-order valence-corrected chi connectivity index (χ2v) is 5.43. The molecule has 2 nitrogen and oxygen atoms in total. The Labute approximate surface area is 93.5 Å². The van der Waals surface area contributed by atoms with Gasteiger partial charge >= 0.3 is 0 Å². The zero-order chi connectivity index (χ0) is 10.7. The highest BCUT2D eigenvalue weighted by Crippen LogP contribution is 2.33. The molecular weight excluding hydrogens is 186 g/mol. The highest BCUT2D eigenvalue weighted by Gasteiger charge is 2.32. The summed E-state index contributed by atoms with van der Waals surface area (Å²) < 4.78 is 0. The van der Waals surface area contributed by atoms with Crippen LogP contribution in [0.4, 0.5) is 0 Å². The molecule has 0 bridgehead atoms. The first-order chi connectivity index (χ1) is 7.29. The summed E-state index contributed by atoms with van der Waals surface area (Å²) in [4.78, 5) is 0. The van der Waals surface area contributed by atoms with Gasteiger partial charge in [-0.3, -0.25) is 0 Å². The van der Waals surface area contributed by atoms with E-state index in [2.05, 4.69) is 12.2 Å². The van der Waals surface area contributed by atoms with E-state index in [1.807, 2.05) is 0 Å². The number of nitrogens with one attached hydrogen (secondary N) is 1. The molecule has 0 aromatic carbocycles. The maximum absolute atomic E-state index is 10.0. The second kappa shape index (κ2) is 5.31. The summed E-state index contributed by atoms with van der Waals surface area (Å²) in [5, 5.41) is 13.7. The fourth-order valence-electron chi connectivity index (χ4n) is 3.38. The Kier molecular flexibility index (Phi) is 4.04. The van der Waals surface area contributed by atoms with Crippen LogP contribution in [0.3, 0.4) is 0 Å². The van der Waals surface area contributed by atoms with Gasteiger partial charge in [0.15, 0.2) is 0 Å². The molecule has 1 aliphatic heterocycles. The Morgan fingerprint density at radius 3 is 2.47 bits per heavy atom. The number of hydrogen-bond acceptors (Lipinski definition) is 2. The molecule has 1 aliphatic carbocycles. The summed E-state index contributed by atoms with van der Waals surface area (Å²) in [6.45, 7) is 3.51. The molecule has 0 aromatic heterocycles. The fourth-order valence-corrected chi connectivity index (χ4v) is 3.38. The molecule has 0 aromatic rings. The van der Waals surface area contributed by atoms with Crippen LogP contribution in [-0.2, 0) is 0 Å². The average Bonchev–Trinajstić information content (AvgIpc) is 2.30. The van der Waals surface area contributed by atoms with Gasteiger partial charge in [-0.25, -0.2) is 0 Å². The molecule has 2 aliphatic rings. The van der Waals surface area contributed by atoms with Gasteiger partial charge in [0, 0.05) is 6.04 Å². The summed E-state index contributed by atoms with van der Waals surface area (Å²) in [6.07, 6.45) is 8.78. The third-order valence-electron chi connectivity index (χ3n) is 4.44. The molecule has 2 heteroatoms. The summed E-state index contributed by atoms with van der Waals surface area (Å²) in [7, 11) is 0. The van der Waals surface area contributed by atoms with Crippen LogP contribution in [0.25, 0.3) is 0 Å². The summed E-state index contributed by atoms with van der Waals surface area (Å²) >= 11 is 0. The quantitative estimate of drug-likeness (QED) is 0.734. The standard InChI is InChI=1S/C13H25NO/c1-10(12-7-4-5-9-14-12)11-6-2-3-8-13(11)15/h10-15H,2-9H2,1H3/t10-,11-,12-,13+/m1/s1. The van der Waals surface area contributed by atoms with E-state index in [1.165, 1.54) is 45.1 Å². The first kappa shape index (κ1) is 11.4. The average molecular weight is 211 g/mol. The topological polar surface area (TPSA) is 32.3 Å². The molecule has 0 unspecified atom stereocenters. The lowest BCUT2D eigenvalue weighted by atomic mass is 9.74. The van der Waals surface area contributed by atoms with Gasteiger partial charge in [0.25, 0.3) is 0 Å². The van der Waals surface area contributed by atoms with Crippen LogP contribution in [-0.4, -0.2) is 23.8 Å². The highest BCUT2D eigenvalue weighted by atomic mass is 16.3. The van der Waals surface area contributed by atoms with Gasteiger partial charge < -0.3 is 10.4 Å². The van der Waals surface area contributed by atoms with Crippen molar-refractivity contribution in [3.05, 3.63) is 0 Å². The Morgan fingerprint density at radius 2 is 1.80 bits per heavy atom. The third kappa shape index (κ3) is 2.73. The normalized spacial score (nSPS) is 40.0. The number of aliphatic hydroxyl groups is 1. The number of rotatable bonds is 2. The lowest BCUT2D eigenvalue weighted by Crippen LogP contribution is -2.45. The molecule has 2 rings (SSSR count). The molecule has 1 saturated heterocycles. The Bertz CT molecular complexity index is 189. The minimum Gasteiger partial charge on any atom is -0.393 e. The van der Waals surface area contributed by atoms with Crippen molar-refractivity contribution in [2.75, 3.05) is 6.54 Å². The number of aliphatic hydroxyl groups excluding tert-OH is 1. The molecule has 1 heterocycles. The Balaban J connectivity index is 1.89. The first-order valence-corrected chi connectivity index (χ1v) is 6.70. The largest absolute Gasteiger partial charge is 0.393 e. The van der Waals surface area contributed by atoms with Gasteiger partial charge in [-0.2, -0.15) is 0 Å². The smallest absolute Gasteiger partial charge is 0.0571 e. The van der Waals surface area contributed by atoms with Crippen molar-refractivity contribution in [2.45, 2.75) is 64.0 Å². The zero-order valence-corrected chi connectivity index (χ0v) is 9.91. The molecule has 88 valence electrons. The molecule has 15 heavy (non-hydrogen) atoms. The van der Waals surface area contributed by atoms with Crippen LogP contribution in [0.5, 0.6) is 0 Å². The molecular formula is C13H25NO. The summed E-state index contributed by atoms with van der Waals surface area (Å²) in [6, 6.07) is 0.663. The molecule has 4 atom stereocenters. The Morgan fingerprint density at radius 1 is 1.07 bits per heavy atom. The van der Waals surface area contributed by atoms with E-state index in [0.29, 0.717) is 17.9 Å². The van der Waals surface area contributed by atoms with Gasteiger partial charge in [-0.15, -0.1) is 0 Å². The van der Waals surface area contributed by atoms with E-state index in [1.54, 1.807) is 0 Å². The molecule has 0 amide bonds. The number of hydrogen-bond donors (Lipinski definition) is 2. The van der Waals surface area contributed by atoms with Gasteiger partial charge in [-0.05, 0) is 44.1 Å². The van der Waals surface area contributed by atoms with Crippen LogP contribution >= 0.6 is 0 Å². The van der Waals surface area contributed by atoms with E-state index in [9.17, 15) is 5.11 Å². The van der Waals surface area contributed by atoms with E-state index in [0.717, 1.165) is 6.42 Å². The van der Waals surface area contributed by atoms with Crippen molar-refractivity contribution in [1.29, 1.82) is 0 Å². The molecule has 0 radical (unpaired) electrons. The van der Waals surface area contributed by atoms with Gasteiger partial charge in [0.1, 0.15) is 0 Å². The van der Waals surface area contributed by atoms with E-state index < -0.39 is 0 Å². The van der Waals surface area contributed by atoms with Crippen molar-refractivity contribution >= 4 is 0 Å². The highest BCUT2D eigenvalue weighted by molar-refractivity contribution is 4.86. The molecule has 0 spiro atoms. The predicted molar refractivity (Wildman–Crippen MR) is 62.8 cm³/mol. The van der Waals surface area contributed by atoms with Crippen molar-refractivity contribution in [2.24, 2.45) is 11.8 Å². The monoisotopic (exact) mass is 211 g/mol. The van der Waals surface area contributed by atoms with Gasteiger partial charge in [-0.1, -0.05) is 26.2 Å². The fraction of sp³-hybridized carbons (Fsp3) is 1.00. The SMILES string of the molecule is C[C@H]([C@H]1CCCC[C@@H]1O)[C@H]1CCCCN1. The Hall–Kier alpha value is -0.0800. The van der Waals surface area contributed by atoms with E-state index in [4.69, 9.17) is 0 Å².